The molecule has 1 fully saturated rings. The van der Waals surface area contributed by atoms with Gasteiger partial charge in [-0.25, -0.2) is 0 Å². The molecule has 0 amide bonds. The minimum atomic E-state index is 0.455. The highest BCUT2D eigenvalue weighted by Crippen LogP contribution is 2.45. The van der Waals surface area contributed by atoms with Crippen LogP contribution in [-0.2, 0) is 12.8 Å². The average molecular weight is 527 g/mol. The van der Waals surface area contributed by atoms with E-state index in [1.165, 1.54) is 86.9 Å². The standard InChI is InChI=1S/C40H46/c1-8-31-14-18-33(19-15-31)35-21-20-32(9-2)37(22-35)25-40(34-16-10-26(3)11-17-34)30(7)39-24-36-23-38(29(39)6)28(5)13-12-27(36)4/h8,12-15,18-22,26,34,40H,1,7,9-11,16-17,24-25H2,2-6H3. The monoisotopic (exact) mass is 526 g/mol. The van der Waals surface area contributed by atoms with Crippen molar-refractivity contribution >= 4 is 6.08 Å². The van der Waals surface area contributed by atoms with Crippen LogP contribution in [0.2, 0.25) is 0 Å². The second-order valence-electron chi connectivity index (χ2n) is 12.5. The summed E-state index contributed by atoms with van der Waals surface area (Å²) in [7, 11) is 0. The summed E-state index contributed by atoms with van der Waals surface area (Å²) in [6, 6.07) is 15.9. The summed E-state index contributed by atoms with van der Waals surface area (Å²) in [6.07, 6.45) is 14.8. The van der Waals surface area contributed by atoms with E-state index in [0.29, 0.717) is 11.8 Å². The molecule has 0 heteroatoms. The minimum absolute atomic E-state index is 0.455. The van der Waals surface area contributed by atoms with Crippen LogP contribution in [0.5, 0.6) is 0 Å². The third kappa shape index (κ3) is 5.75. The molecule has 2 aromatic carbocycles. The third-order valence-corrected chi connectivity index (χ3v) is 9.88. The van der Waals surface area contributed by atoms with E-state index in [9.17, 15) is 0 Å². The minimum Gasteiger partial charge on any atom is -0.108 e. The van der Waals surface area contributed by atoms with E-state index < -0.39 is 0 Å². The van der Waals surface area contributed by atoms with Crippen LogP contribution in [0.15, 0.2) is 113 Å². The van der Waals surface area contributed by atoms with Gasteiger partial charge in [0.05, 0.1) is 0 Å². The summed E-state index contributed by atoms with van der Waals surface area (Å²) >= 11 is 0. The highest BCUT2D eigenvalue weighted by Gasteiger charge is 2.32. The predicted octanol–water partition coefficient (Wildman–Crippen LogP) is 11.2. The van der Waals surface area contributed by atoms with E-state index >= 15 is 0 Å². The van der Waals surface area contributed by atoms with Gasteiger partial charge in [0, 0.05) is 17.6 Å². The van der Waals surface area contributed by atoms with Gasteiger partial charge in [0.1, 0.15) is 0 Å². The molecular weight excluding hydrogens is 480 g/mol. The highest BCUT2D eigenvalue weighted by atomic mass is 14.4. The number of hydrogen-bond donors (Lipinski definition) is 0. The zero-order valence-corrected chi connectivity index (χ0v) is 25.4. The molecule has 1 unspecified atom stereocenters. The normalized spacial score (nSPS) is 21.5. The highest BCUT2D eigenvalue weighted by molar-refractivity contribution is 5.67. The fourth-order valence-corrected chi connectivity index (χ4v) is 7.05. The van der Waals surface area contributed by atoms with Crippen LogP contribution >= 0.6 is 0 Å². The molecule has 0 aromatic heterocycles. The molecule has 40 heavy (non-hydrogen) atoms. The molecule has 0 aliphatic heterocycles. The summed E-state index contributed by atoms with van der Waals surface area (Å²) in [5.41, 5.74) is 19.9. The lowest BCUT2D eigenvalue weighted by Gasteiger charge is -2.36. The van der Waals surface area contributed by atoms with E-state index in [0.717, 1.165) is 30.7 Å². The first-order chi connectivity index (χ1) is 19.3. The van der Waals surface area contributed by atoms with Crippen LogP contribution in [-0.4, -0.2) is 0 Å². The summed E-state index contributed by atoms with van der Waals surface area (Å²) in [5.74, 6) is 1.98. The number of allylic oxidation sites excluding steroid dienone is 8. The quantitative estimate of drug-likeness (QED) is 0.300. The van der Waals surface area contributed by atoms with Gasteiger partial charge < -0.3 is 0 Å². The van der Waals surface area contributed by atoms with Gasteiger partial charge in [-0.2, -0.15) is 0 Å². The maximum absolute atomic E-state index is 4.92. The van der Waals surface area contributed by atoms with Gasteiger partial charge in [-0.15, -0.1) is 5.73 Å². The van der Waals surface area contributed by atoms with Crippen LogP contribution in [0.3, 0.4) is 0 Å². The van der Waals surface area contributed by atoms with Gasteiger partial charge in [0.25, 0.3) is 0 Å². The fraction of sp³-hybridized carbons (Fsp3) is 0.375. The summed E-state index contributed by atoms with van der Waals surface area (Å²) in [4.78, 5) is 0. The van der Waals surface area contributed by atoms with Crippen LogP contribution < -0.4 is 0 Å². The van der Waals surface area contributed by atoms with Crippen LogP contribution in [0.25, 0.3) is 17.2 Å². The molecule has 0 saturated heterocycles. The van der Waals surface area contributed by atoms with Crippen LogP contribution in [0.1, 0.15) is 83.4 Å². The zero-order valence-electron chi connectivity index (χ0n) is 25.4. The van der Waals surface area contributed by atoms with Gasteiger partial charge in [0.2, 0.25) is 0 Å². The molecule has 206 valence electrons. The van der Waals surface area contributed by atoms with E-state index in [1.807, 2.05) is 6.08 Å². The molecule has 0 spiro atoms. The first kappa shape index (κ1) is 28.2. The van der Waals surface area contributed by atoms with E-state index in [1.54, 1.807) is 0 Å². The van der Waals surface area contributed by atoms with Gasteiger partial charge in [-0.1, -0.05) is 101 Å². The Morgan fingerprint density at radius 3 is 2.27 bits per heavy atom. The molecule has 2 aromatic rings. The van der Waals surface area contributed by atoms with Crippen LogP contribution in [0.4, 0.5) is 0 Å². The average Bonchev–Trinajstić information content (AvgIpc) is 3.10. The Hall–Kier alpha value is -3.34. The van der Waals surface area contributed by atoms with E-state index in [4.69, 9.17) is 6.58 Å². The van der Waals surface area contributed by atoms with Crippen molar-refractivity contribution in [2.75, 3.05) is 0 Å². The van der Waals surface area contributed by atoms with Crippen LogP contribution in [0, 0.1) is 17.8 Å². The predicted molar refractivity (Wildman–Crippen MR) is 174 cm³/mol. The van der Waals surface area contributed by atoms with Crippen molar-refractivity contribution in [1.82, 2.24) is 0 Å². The van der Waals surface area contributed by atoms with Crippen molar-refractivity contribution < 1.29 is 0 Å². The van der Waals surface area contributed by atoms with Gasteiger partial charge in [-0.05, 0) is 120 Å². The Morgan fingerprint density at radius 2 is 1.60 bits per heavy atom. The summed E-state index contributed by atoms with van der Waals surface area (Å²) in [6.45, 7) is 20.3. The lowest BCUT2D eigenvalue weighted by Crippen LogP contribution is -2.26. The first-order valence-electron chi connectivity index (χ1n) is 15.4. The largest absolute Gasteiger partial charge is 0.108 e. The summed E-state index contributed by atoms with van der Waals surface area (Å²) in [5, 5.41) is 0. The smallest absolute Gasteiger partial charge is 0.0229 e. The van der Waals surface area contributed by atoms with Gasteiger partial charge in [0.15, 0.2) is 0 Å². The topological polar surface area (TPSA) is 0 Å². The van der Waals surface area contributed by atoms with E-state index in [-0.39, 0.29) is 0 Å². The van der Waals surface area contributed by atoms with Gasteiger partial charge in [-0.3, -0.25) is 0 Å². The lowest BCUT2D eigenvalue weighted by atomic mass is 9.68. The molecule has 0 heterocycles. The maximum atomic E-state index is 4.92. The van der Waals surface area contributed by atoms with Crippen molar-refractivity contribution in [3.63, 3.8) is 0 Å². The Labute approximate surface area is 243 Å². The first-order valence-corrected chi connectivity index (χ1v) is 15.4. The molecule has 2 bridgehead atoms. The fourth-order valence-electron chi connectivity index (χ4n) is 7.05. The lowest BCUT2D eigenvalue weighted by molar-refractivity contribution is 0.233. The molecule has 3 aliphatic rings. The molecule has 3 aliphatic carbocycles. The molecule has 5 rings (SSSR count). The van der Waals surface area contributed by atoms with Crippen molar-refractivity contribution in [3.8, 4) is 11.1 Å². The number of rotatable bonds is 8. The maximum Gasteiger partial charge on any atom is 0.0229 e. The molecular formula is C40H46. The summed E-state index contributed by atoms with van der Waals surface area (Å²) < 4.78 is 0. The molecule has 1 saturated carbocycles. The molecule has 1 atom stereocenters. The second kappa shape index (κ2) is 12.0. The zero-order chi connectivity index (χ0) is 28.4. The number of hydrogen-bond acceptors (Lipinski definition) is 0. The Morgan fingerprint density at radius 1 is 0.925 bits per heavy atom. The molecule has 0 N–H and O–H groups in total. The van der Waals surface area contributed by atoms with Crippen molar-refractivity contribution in [3.05, 3.63) is 129 Å². The van der Waals surface area contributed by atoms with Crippen molar-refractivity contribution in [1.29, 1.82) is 0 Å². The van der Waals surface area contributed by atoms with Crippen molar-refractivity contribution in [2.24, 2.45) is 17.8 Å². The third-order valence-electron chi connectivity index (χ3n) is 9.88. The molecule has 0 radical (unpaired) electrons. The Balaban J connectivity index is 1.53. The Bertz CT molecular complexity index is 1460. The number of aryl methyl sites for hydroxylation is 1. The van der Waals surface area contributed by atoms with E-state index in [2.05, 4.69) is 102 Å². The molecule has 0 nitrogen and oxygen atoms in total. The van der Waals surface area contributed by atoms with Crippen molar-refractivity contribution in [2.45, 2.75) is 79.6 Å². The SMILES string of the molecule is C=Cc1ccc(-c2ccc(CC)c(CC(C(=C)C3=C(C)C4=C=C(C3)C(C)=CC=C4C)C3CCC(C)CC3)c2)cc1. The second-order valence-corrected chi connectivity index (χ2v) is 12.5. The Kier molecular flexibility index (Phi) is 8.48. The number of benzene rings is 2. The van der Waals surface area contributed by atoms with Gasteiger partial charge >= 0.3 is 0 Å².